The summed E-state index contributed by atoms with van der Waals surface area (Å²) in [4.78, 5) is 34.5. The van der Waals surface area contributed by atoms with Gasteiger partial charge in [-0.1, -0.05) is 0 Å². The second-order valence-corrected chi connectivity index (χ2v) is 4.39. The van der Waals surface area contributed by atoms with Crippen molar-refractivity contribution in [1.29, 1.82) is 0 Å². The highest BCUT2D eigenvalue weighted by molar-refractivity contribution is 5.78. The molecule has 1 fully saturated rings. The van der Waals surface area contributed by atoms with E-state index < -0.39 is 5.97 Å². The number of likely N-dealkylation sites (tertiary alicyclic amines) is 1. The van der Waals surface area contributed by atoms with E-state index >= 15 is 0 Å². The van der Waals surface area contributed by atoms with Crippen molar-refractivity contribution in [2.75, 3.05) is 19.6 Å². The lowest BCUT2D eigenvalue weighted by Gasteiger charge is -2.30. The summed E-state index contributed by atoms with van der Waals surface area (Å²) in [6, 6.07) is -0.205. The number of carboxylic acids is 1. The van der Waals surface area contributed by atoms with Gasteiger partial charge in [0.05, 0.1) is 0 Å². The number of hydrogen-bond acceptors (Lipinski definition) is 3. The molecule has 0 aromatic rings. The summed E-state index contributed by atoms with van der Waals surface area (Å²) in [7, 11) is 0. The van der Waals surface area contributed by atoms with Crippen LogP contribution in [0.15, 0.2) is 0 Å². The molecule has 0 atom stereocenters. The van der Waals surface area contributed by atoms with E-state index in [1.807, 2.05) is 0 Å². The van der Waals surface area contributed by atoms with Crippen molar-refractivity contribution in [1.82, 2.24) is 10.2 Å². The van der Waals surface area contributed by atoms with Crippen LogP contribution in [0.4, 0.5) is 4.79 Å². The predicted molar refractivity (Wildman–Crippen MR) is 63.8 cm³/mol. The number of carbonyl (C=O) groups excluding carboxylic acids is 2. The second kappa shape index (κ2) is 6.83. The van der Waals surface area contributed by atoms with Gasteiger partial charge in [0.1, 0.15) is 0 Å². The molecular weight excluding hydrogens is 238 g/mol. The van der Waals surface area contributed by atoms with E-state index in [1.165, 1.54) is 0 Å². The Morgan fingerprint density at radius 3 is 2.39 bits per heavy atom. The van der Waals surface area contributed by atoms with Crippen LogP contribution in [0.3, 0.4) is 0 Å². The first-order chi connectivity index (χ1) is 8.50. The van der Waals surface area contributed by atoms with Crippen molar-refractivity contribution in [3.8, 4) is 0 Å². The third-order valence-electron chi connectivity index (χ3n) is 3.03. The second-order valence-electron chi connectivity index (χ2n) is 4.39. The maximum Gasteiger partial charge on any atom is 0.317 e. The Balaban J connectivity index is 2.20. The molecule has 4 N–H and O–H groups in total. The van der Waals surface area contributed by atoms with Crippen molar-refractivity contribution in [3.05, 3.63) is 0 Å². The van der Waals surface area contributed by atoms with Crippen LogP contribution in [0.2, 0.25) is 0 Å². The molecule has 0 aliphatic carbocycles. The van der Waals surface area contributed by atoms with Crippen LogP contribution in [0.25, 0.3) is 0 Å². The molecule has 0 spiro atoms. The van der Waals surface area contributed by atoms with Crippen molar-refractivity contribution < 1.29 is 19.5 Å². The molecule has 7 heteroatoms. The van der Waals surface area contributed by atoms with Gasteiger partial charge in [0.25, 0.3) is 0 Å². The van der Waals surface area contributed by atoms with E-state index in [0.717, 1.165) is 0 Å². The molecule has 0 aromatic carbocycles. The highest BCUT2D eigenvalue weighted by Crippen LogP contribution is 2.16. The van der Waals surface area contributed by atoms with Crippen LogP contribution in [-0.4, -0.2) is 47.5 Å². The fourth-order valence-electron chi connectivity index (χ4n) is 1.91. The zero-order valence-corrected chi connectivity index (χ0v) is 10.2. The van der Waals surface area contributed by atoms with E-state index in [0.29, 0.717) is 38.9 Å². The van der Waals surface area contributed by atoms with Gasteiger partial charge in [-0.15, -0.1) is 0 Å². The lowest BCUT2D eigenvalue weighted by atomic mass is 9.96. The van der Waals surface area contributed by atoms with Crippen LogP contribution < -0.4 is 11.1 Å². The fraction of sp³-hybridized carbons (Fsp3) is 0.727. The molecule has 0 bridgehead atoms. The number of nitrogens with two attached hydrogens (primary N) is 1. The van der Waals surface area contributed by atoms with Crippen molar-refractivity contribution in [2.45, 2.75) is 25.7 Å². The number of nitrogens with one attached hydrogen (secondary N) is 1. The van der Waals surface area contributed by atoms with Gasteiger partial charge in [-0.05, 0) is 19.3 Å². The Hall–Kier alpha value is -1.79. The number of carbonyl (C=O) groups is 3. The average molecular weight is 257 g/mol. The lowest BCUT2D eigenvalue weighted by molar-refractivity contribution is -0.137. The normalized spacial score (nSPS) is 16.3. The number of amides is 3. The average Bonchev–Trinajstić information content (AvgIpc) is 2.34. The van der Waals surface area contributed by atoms with Crippen LogP contribution in [0, 0.1) is 5.92 Å². The Labute approximate surface area is 105 Å². The summed E-state index contributed by atoms with van der Waals surface area (Å²) in [5.41, 5.74) is 5.20. The highest BCUT2D eigenvalue weighted by Gasteiger charge is 2.25. The van der Waals surface area contributed by atoms with Crippen molar-refractivity contribution in [3.63, 3.8) is 0 Å². The Kier molecular flexibility index (Phi) is 5.41. The monoisotopic (exact) mass is 257 g/mol. The molecule has 3 amide bonds. The van der Waals surface area contributed by atoms with Gasteiger partial charge in [0.15, 0.2) is 0 Å². The highest BCUT2D eigenvalue weighted by atomic mass is 16.4. The molecule has 0 unspecified atom stereocenters. The molecule has 1 heterocycles. The first-order valence-corrected chi connectivity index (χ1v) is 6.04. The zero-order valence-electron chi connectivity index (χ0n) is 10.2. The summed E-state index contributed by atoms with van der Waals surface area (Å²) in [5.74, 6) is -1.32. The number of hydrogen-bond donors (Lipinski definition) is 3. The Morgan fingerprint density at radius 2 is 1.89 bits per heavy atom. The first kappa shape index (κ1) is 14.3. The smallest absolute Gasteiger partial charge is 0.317 e. The molecule has 0 aromatic heterocycles. The molecule has 1 aliphatic rings. The van der Waals surface area contributed by atoms with Crippen LogP contribution in [0.5, 0.6) is 0 Å². The SMILES string of the molecule is NC(=O)C1CCN(C(=O)NCCCC(=O)O)CC1. The van der Waals surface area contributed by atoms with Gasteiger partial charge < -0.3 is 21.1 Å². The van der Waals surface area contributed by atoms with E-state index in [-0.39, 0.29) is 24.3 Å². The minimum atomic E-state index is -0.869. The quantitative estimate of drug-likeness (QED) is 0.590. The number of rotatable bonds is 5. The standard InChI is InChI=1S/C11H19N3O4/c12-10(17)8-3-6-14(7-4-8)11(18)13-5-1-2-9(15)16/h8H,1-7H2,(H2,12,17)(H,13,18)(H,15,16). The summed E-state index contributed by atoms with van der Waals surface area (Å²) in [5, 5.41) is 11.1. The van der Waals surface area contributed by atoms with Crippen LogP contribution >= 0.6 is 0 Å². The van der Waals surface area contributed by atoms with Crippen LogP contribution in [-0.2, 0) is 9.59 Å². The van der Waals surface area contributed by atoms with E-state index in [4.69, 9.17) is 10.8 Å². The number of primary amides is 1. The van der Waals surface area contributed by atoms with E-state index in [2.05, 4.69) is 5.32 Å². The minimum absolute atomic E-state index is 0.0457. The van der Waals surface area contributed by atoms with Gasteiger partial charge in [-0.2, -0.15) is 0 Å². The van der Waals surface area contributed by atoms with Gasteiger partial charge in [-0.3, -0.25) is 9.59 Å². The third kappa shape index (κ3) is 4.60. The number of nitrogens with zero attached hydrogens (tertiary/aromatic N) is 1. The summed E-state index contributed by atoms with van der Waals surface area (Å²) >= 11 is 0. The number of urea groups is 1. The topological polar surface area (TPSA) is 113 Å². The molecule has 1 aliphatic heterocycles. The van der Waals surface area contributed by atoms with E-state index in [9.17, 15) is 14.4 Å². The maximum atomic E-state index is 11.7. The predicted octanol–water partition coefficient (Wildman–Crippen LogP) is -0.242. The number of piperidine rings is 1. The summed E-state index contributed by atoms with van der Waals surface area (Å²) in [6.07, 6.45) is 1.65. The van der Waals surface area contributed by atoms with Gasteiger partial charge >= 0.3 is 12.0 Å². The van der Waals surface area contributed by atoms with E-state index in [1.54, 1.807) is 4.90 Å². The fourth-order valence-corrected chi connectivity index (χ4v) is 1.91. The zero-order chi connectivity index (χ0) is 13.5. The van der Waals surface area contributed by atoms with Gasteiger partial charge in [0.2, 0.25) is 5.91 Å². The minimum Gasteiger partial charge on any atom is -0.481 e. The maximum absolute atomic E-state index is 11.7. The summed E-state index contributed by atoms with van der Waals surface area (Å²) in [6.45, 7) is 1.37. The summed E-state index contributed by atoms with van der Waals surface area (Å²) < 4.78 is 0. The molecule has 1 rings (SSSR count). The van der Waals surface area contributed by atoms with Gasteiger partial charge in [-0.25, -0.2) is 4.79 Å². The van der Waals surface area contributed by atoms with Crippen LogP contribution in [0.1, 0.15) is 25.7 Å². The lowest BCUT2D eigenvalue weighted by Crippen LogP contribution is -2.46. The number of aliphatic carboxylic acids is 1. The third-order valence-corrected chi connectivity index (χ3v) is 3.03. The molecule has 0 radical (unpaired) electrons. The largest absolute Gasteiger partial charge is 0.481 e. The van der Waals surface area contributed by atoms with Crippen molar-refractivity contribution >= 4 is 17.9 Å². The number of carboxylic acid groups (broad SMARTS) is 1. The molecule has 0 saturated carbocycles. The molecule has 18 heavy (non-hydrogen) atoms. The molecular formula is C11H19N3O4. The molecule has 102 valence electrons. The van der Waals surface area contributed by atoms with Crippen molar-refractivity contribution in [2.24, 2.45) is 11.7 Å². The molecule has 7 nitrogen and oxygen atoms in total. The molecule has 1 saturated heterocycles. The van der Waals surface area contributed by atoms with Gasteiger partial charge in [0, 0.05) is 32.0 Å². The Bertz CT molecular complexity index is 324. The first-order valence-electron chi connectivity index (χ1n) is 6.04. The Morgan fingerprint density at radius 1 is 1.28 bits per heavy atom.